The van der Waals surface area contributed by atoms with E-state index in [1.54, 1.807) is 0 Å². The quantitative estimate of drug-likeness (QED) is 0.902. The van der Waals surface area contributed by atoms with Gasteiger partial charge in [-0.05, 0) is 44.6 Å². The van der Waals surface area contributed by atoms with Crippen LogP contribution in [0.4, 0.5) is 5.69 Å². The van der Waals surface area contributed by atoms with E-state index in [0.717, 1.165) is 37.2 Å². The van der Waals surface area contributed by atoms with Gasteiger partial charge in [0.1, 0.15) is 0 Å². The third-order valence-corrected chi connectivity index (χ3v) is 3.87. The fourth-order valence-electron chi connectivity index (χ4n) is 2.63. The van der Waals surface area contributed by atoms with E-state index in [1.165, 1.54) is 0 Å². The largest absolute Gasteiger partial charge is 0.388 e. The van der Waals surface area contributed by atoms with Crippen molar-refractivity contribution in [1.82, 2.24) is 9.80 Å². The van der Waals surface area contributed by atoms with Gasteiger partial charge >= 0.3 is 0 Å². The number of amides is 1. The Labute approximate surface area is 115 Å². The van der Waals surface area contributed by atoms with Crippen LogP contribution in [0.3, 0.4) is 0 Å². The first-order valence-corrected chi connectivity index (χ1v) is 6.85. The van der Waals surface area contributed by atoms with E-state index in [9.17, 15) is 4.79 Å². The van der Waals surface area contributed by atoms with E-state index in [4.69, 9.17) is 0 Å². The predicted molar refractivity (Wildman–Crippen MR) is 78.6 cm³/mol. The molecule has 0 aliphatic carbocycles. The number of hydrogen-bond donors (Lipinski definition) is 1. The highest BCUT2D eigenvalue weighted by molar-refractivity contribution is 5.95. The standard InChI is InChI=1S/C15H23N3O/c1-16-13-7-4-6-12(10-13)15(19)18(3)14-8-5-9-17(2)11-14/h4,6-7,10,14,16H,5,8-9,11H2,1-3H3. The lowest BCUT2D eigenvalue weighted by atomic mass is 10.0. The van der Waals surface area contributed by atoms with Crippen molar-refractivity contribution in [3.63, 3.8) is 0 Å². The molecule has 4 nitrogen and oxygen atoms in total. The van der Waals surface area contributed by atoms with E-state index < -0.39 is 0 Å². The maximum Gasteiger partial charge on any atom is 0.253 e. The van der Waals surface area contributed by atoms with Gasteiger partial charge in [-0.3, -0.25) is 4.79 Å². The topological polar surface area (TPSA) is 35.6 Å². The third-order valence-electron chi connectivity index (χ3n) is 3.87. The summed E-state index contributed by atoms with van der Waals surface area (Å²) in [5.74, 6) is 0.109. The van der Waals surface area contributed by atoms with Crippen LogP contribution >= 0.6 is 0 Å². The average molecular weight is 261 g/mol. The molecule has 1 amide bonds. The lowest BCUT2D eigenvalue weighted by Crippen LogP contribution is -2.47. The number of rotatable bonds is 3. The zero-order valence-electron chi connectivity index (χ0n) is 12.0. The van der Waals surface area contributed by atoms with E-state index in [-0.39, 0.29) is 5.91 Å². The van der Waals surface area contributed by atoms with Gasteiger partial charge in [0, 0.05) is 37.9 Å². The summed E-state index contributed by atoms with van der Waals surface area (Å²) < 4.78 is 0. The molecule has 1 fully saturated rings. The maximum absolute atomic E-state index is 12.5. The van der Waals surface area contributed by atoms with Gasteiger partial charge in [-0.1, -0.05) is 6.07 Å². The van der Waals surface area contributed by atoms with Gasteiger partial charge in [0.05, 0.1) is 0 Å². The number of anilines is 1. The lowest BCUT2D eigenvalue weighted by molar-refractivity contribution is 0.0644. The van der Waals surface area contributed by atoms with E-state index in [0.29, 0.717) is 6.04 Å². The summed E-state index contributed by atoms with van der Waals surface area (Å²) in [5, 5.41) is 3.07. The molecule has 104 valence electrons. The van der Waals surface area contributed by atoms with Crippen LogP contribution in [0.15, 0.2) is 24.3 Å². The van der Waals surface area contributed by atoms with Crippen molar-refractivity contribution < 1.29 is 4.79 Å². The minimum Gasteiger partial charge on any atom is -0.388 e. The Balaban J connectivity index is 2.09. The SMILES string of the molecule is CNc1cccc(C(=O)N(C)C2CCCN(C)C2)c1. The summed E-state index contributed by atoms with van der Waals surface area (Å²) in [6.45, 7) is 2.10. The zero-order valence-corrected chi connectivity index (χ0v) is 12.0. The second-order valence-electron chi connectivity index (χ2n) is 5.31. The average Bonchev–Trinajstić information content (AvgIpc) is 2.45. The third kappa shape index (κ3) is 3.26. The molecule has 0 radical (unpaired) electrons. The highest BCUT2D eigenvalue weighted by Crippen LogP contribution is 2.17. The highest BCUT2D eigenvalue weighted by Gasteiger charge is 2.25. The van der Waals surface area contributed by atoms with Crippen LogP contribution in [-0.2, 0) is 0 Å². The molecule has 1 aliphatic heterocycles. The first-order valence-electron chi connectivity index (χ1n) is 6.85. The summed E-state index contributed by atoms with van der Waals surface area (Å²) in [6, 6.07) is 7.99. The number of benzene rings is 1. The van der Waals surface area contributed by atoms with Gasteiger partial charge in [0.25, 0.3) is 5.91 Å². The number of carbonyl (C=O) groups is 1. The van der Waals surface area contributed by atoms with Crippen LogP contribution in [0.2, 0.25) is 0 Å². The van der Waals surface area contributed by atoms with Crippen molar-refractivity contribution in [2.45, 2.75) is 18.9 Å². The van der Waals surface area contributed by atoms with Crippen LogP contribution in [0.25, 0.3) is 0 Å². The molecule has 1 heterocycles. The van der Waals surface area contributed by atoms with Crippen LogP contribution in [0.1, 0.15) is 23.2 Å². The van der Waals surface area contributed by atoms with Crippen LogP contribution < -0.4 is 5.32 Å². The summed E-state index contributed by atoms with van der Waals surface area (Å²) >= 11 is 0. The van der Waals surface area contributed by atoms with Crippen molar-refractivity contribution in [1.29, 1.82) is 0 Å². The Morgan fingerprint density at radius 3 is 2.95 bits per heavy atom. The number of carbonyl (C=O) groups excluding carboxylic acids is 1. The summed E-state index contributed by atoms with van der Waals surface area (Å²) in [7, 11) is 5.90. The molecule has 0 spiro atoms. The fourth-order valence-corrected chi connectivity index (χ4v) is 2.63. The molecule has 19 heavy (non-hydrogen) atoms. The molecule has 1 atom stereocenters. The molecule has 0 saturated carbocycles. The summed E-state index contributed by atoms with van der Waals surface area (Å²) in [6.07, 6.45) is 2.26. The second kappa shape index (κ2) is 6.06. The van der Waals surface area contributed by atoms with Gasteiger partial charge in [-0.2, -0.15) is 0 Å². The predicted octanol–water partition coefficient (Wildman–Crippen LogP) is 1.89. The van der Waals surface area contributed by atoms with Crippen molar-refractivity contribution in [2.24, 2.45) is 0 Å². The molecule has 1 aromatic rings. The maximum atomic E-state index is 12.5. The van der Waals surface area contributed by atoms with Gasteiger partial charge in [0.15, 0.2) is 0 Å². The van der Waals surface area contributed by atoms with Gasteiger partial charge in [-0.25, -0.2) is 0 Å². The molecular weight excluding hydrogens is 238 g/mol. The number of nitrogens with one attached hydrogen (secondary N) is 1. The van der Waals surface area contributed by atoms with Gasteiger partial charge < -0.3 is 15.1 Å². The molecule has 2 rings (SSSR count). The van der Waals surface area contributed by atoms with Crippen molar-refractivity contribution in [2.75, 3.05) is 39.5 Å². The van der Waals surface area contributed by atoms with E-state index in [1.807, 2.05) is 43.3 Å². The minimum atomic E-state index is 0.109. The Morgan fingerprint density at radius 2 is 2.26 bits per heavy atom. The smallest absolute Gasteiger partial charge is 0.253 e. The molecule has 1 aliphatic rings. The molecule has 4 heteroatoms. The lowest BCUT2D eigenvalue weighted by Gasteiger charge is -2.35. The monoisotopic (exact) mass is 261 g/mol. The summed E-state index contributed by atoms with van der Waals surface area (Å²) in [4.78, 5) is 16.7. The summed E-state index contributed by atoms with van der Waals surface area (Å²) in [5.41, 5.74) is 1.72. The van der Waals surface area contributed by atoms with Crippen LogP contribution in [0.5, 0.6) is 0 Å². The molecule has 1 N–H and O–H groups in total. The van der Waals surface area contributed by atoms with Crippen LogP contribution in [-0.4, -0.2) is 56.0 Å². The van der Waals surface area contributed by atoms with Gasteiger partial charge in [-0.15, -0.1) is 0 Å². The van der Waals surface area contributed by atoms with Crippen molar-refractivity contribution in [3.05, 3.63) is 29.8 Å². The minimum absolute atomic E-state index is 0.109. The second-order valence-corrected chi connectivity index (χ2v) is 5.31. The normalized spacial score (nSPS) is 20.1. The Hall–Kier alpha value is -1.55. The number of hydrogen-bond acceptors (Lipinski definition) is 3. The van der Waals surface area contributed by atoms with E-state index >= 15 is 0 Å². The molecular formula is C15H23N3O. The molecule has 1 aromatic carbocycles. The number of likely N-dealkylation sites (tertiary alicyclic amines) is 1. The molecule has 0 aromatic heterocycles. The fraction of sp³-hybridized carbons (Fsp3) is 0.533. The number of likely N-dealkylation sites (N-methyl/N-ethyl adjacent to an activating group) is 2. The number of piperidine rings is 1. The molecule has 0 bridgehead atoms. The Bertz CT molecular complexity index is 447. The van der Waals surface area contributed by atoms with Crippen LogP contribution in [0, 0.1) is 0 Å². The highest BCUT2D eigenvalue weighted by atomic mass is 16.2. The van der Waals surface area contributed by atoms with E-state index in [2.05, 4.69) is 17.3 Å². The Kier molecular flexibility index (Phi) is 4.43. The first-order chi connectivity index (χ1) is 9.11. The molecule has 1 saturated heterocycles. The van der Waals surface area contributed by atoms with Gasteiger partial charge in [0.2, 0.25) is 0 Å². The first kappa shape index (κ1) is 13.9. The van der Waals surface area contributed by atoms with Crippen molar-refractivity contribution >= 4 is 11.6 Å². The number of nitrogens with zero attached hydrogens (tertiary/aromatic N) is 2. The molecule has 1 unspecified atom stereocenters. The zero-order chi connectivity index (χ0) is 13.8. The Morgan fingerprint density at radius 1 is 1.47 bits per heavy atom. The van der Waals surface area contributed by atoms with Crippen molar-refractivity contribution in [3.8, 4) is 0 Å².